The number of benzene rings is 1. The number of nitrogens with zero attached hydrogens (tertiary/aromatic N) is 3. The summed E-state index contributed by atoms with van der Waals surface area (Å²) in [5, 5.41) is 8.14. The van der Waals surface area contributed by atoms with Gasteiger partial charge in [0.15, 0.2) is 5.82 Å². The predicted octanol–water partition coefficient (Wildman–Crippen LogP) is 4.17. The molecule has 0 saturated heterocycles. The molecule has 0 aliphatic rings. The lowest BCUT2D eigenvalue weighted by atomic mass is 10.2. The minimum absolute atomic E-state index is 0.158. The Kier molecular flexibility index (Phi) is 4.02. The molecule has 0 aliphatic carbocycles. The molecule has 2 rings (SSSR count). The third-order valence-corrected chi connectivity index (χ3v) is 3.22. The number of aromatic nitrogens is 3. The molecular weight excluding hydrogens is 321 g/mol. The zero-order valence-corrected chi connectivity index (χ0v) is 12.3. The van der Waals surface area contributed by atoms with Crippen LogP contribution in [0.5, 0.6) is 0 Å². The highest BCUT2D eigenvalue weighted by molar-refractivity contribution is 9.10. The maximum absolute atomic E-state index is 13.4. The molecule has 0 aliphatic heterocycles. The van der Waals surface area contributed by atoms with Crippen molar-refractivity contribution < 1.29 is 4.39 Å². The molecule has 0 radical (unpaired) electrons. The van der Waals surface area contributed by atoms with Crippen molar-refractivity contribution in [3.05, 3.63) is 34.3 Å². The zero-order valence-electron chi connectivity index (χ0n) is 9.99. The van der Waals surface area contributed by atoms with Gasteiger partial charge in [-0.1, -0.05) is 15.9 Å². The highest BCUT2D eigenvalue weighted by Crippen LogP contribution is 2.26. The van der Waals surface area contributed by atoms with Gasteiger partial charge in [0.05, 0.1) is 5.88 Å². The summed E-state index contributed by atoms with van der Waals surface area (Å²) < 4.78 is 16.0. The van der Waals surface area contributed by atoms with Crippen LogP contribution in [0, 0.1) is 5.82 Å². The quantitative estimate of drug-likeness (QED) is 0.790. The SMILES string of the molecule is CC(C)n1c(CCl)nnc1-c1cc(F)cc(Br)c1. The molecule has 2 aromatic rings. The first-order chi connectivity index (χ1) is 8.52. The van der Waals surface area contributed by atoms with E-state index >= 15 is 0 Å². The van der Waals surface area contributed by atoms with Gasteiger partial charge in [-0.15, -0.1) is 21.8 Å². The number of hydrogen-bond acceptors (Lipinski definition) is 2. The van der Waals surface area contributed by atoms with E-state index in [1.807, 2.05) is 24.5 Å². The molecule has 18 heavy (non-hydrogen) atoms. The van der Waals surface area contributed by atoms with Gasteiger partial charge >= 0.3 is 0 Å². The van der Waals surface area contributed by atoms with Gasteiger partial charge in [-0.2, -0.15) is 0 Å². The fourth-order valence-corrected chi connectivity index (χ4v) is 2.48. The van der Waals surface area contributed by atoms with Crippen molar-refractivity contribution in [1.29, 1.82) is 0 Å². The van der Waals surface area contributed by atoms with E-state index in [4.69, 9.17) is 11.6 Å². The number of hydrogen-bond donors (Lipinski definition) is 0. The Balaban J connectivity index is 2.60. The Morgan fingerprint density at radius 1 is 1.33 bits per heavy atom. The molecule has 0 unspecified atom stereocenters. The number of halogens is 3. The van der Waals surface area contributed by atoms with Crippen LogP contribution in [-0.2, 0) is 5.88 Å². The van der Waals surface area contributed by atoms with Crippen LogP contribution in [0.2, 0.25) is 0 Å². The van der Waals surface area contributed by atoms with Gasteiger partial charge in [0, 0.05) is 16.1 Å². The summed E-state index contributed by atoms with van der Waals surface area (Å²) in [6.45, 7) is 4.02. The topological polar surface area (TPSA) is 30.7 Å². The first kappa shape index (κ1) is 13.5. The molecule has 0 fully saturated rings. The molecular formula is C12H12BrClFN3. The first-order valence-electron chi connectivity index (χ1n) is 5.49. The van der Waals surface area contributed by atoms with Crippen molar-refractivity contribution in [1.82, 2.24) is 14.8 Å². The summed E-state index contributed by atoms with van der Waals surface area (Å²) in [7, 11) is 0. The molecule has 0 atom stereocenters. The molecule has 0 N–H and O–H groups in total. The average molecular weight is 333 g/mol. The summed E-state index contributed by atoms with van der Waals surface area (Å²) >= 11 is 9.11. The van der Waals surface area contributed by atoms with E-state index in [0.717, 1.165) is 0 Å². The van der Waals surface area contributed by atoms with Gasteiger partial charge in [0.25, 0.3) is 0 Å². The highest BCUT2D eigenvalue weighted by atomic mass is 79.9. The normalized spacial score (nSPS) is 11.2. The second-order valence-electron chi connectivity index (χ2n) is 4.20. The molecule has 1 heterocycles. The second-order valence-corrected chi connectivity index (χ2v) is 5.38. The van der Waals surface area contributed by atoms with E-state index in [1.165, 1.54) is 12.1 Å². The van der Waals surface area contributed by atoms with Crippen molar-refractivity contribution in [3.8, 4) is 11.4 Å². The Hall–Kier alpha value is -0.940. The van der Waals surface area contributed by atoms with Crippen molar-refractivity contribution in [3.63, 3.8) is 0 Å². The molecule has 1 aromatic carbocycles. The molecule has 0 amide bonds. The van der Waals surface area contributed by atoms with Gasteiger partial charge in [-0.05, 0) is 32.0 Å². The monoisotopic (exact) mass is 331 g/mol. The molecule has 1 aromatic heterocycles. The summed E-state index contributed by atoms with van der Waals surface area (Å²) in [5.74, 6) is 1.27. The van der Waals surface area contributed by atoms with Crippen molar-refractivity contribution >= 4 is 27.5 Å². The Bertz CT molecular complexity index is 548. The Labute approximate surface area is 118 Å². The minimum atomic E-state index is -0.315. The van der Waals surface area contributed by atoms with Gasteiger partial charge in [-0.3, -0.25) is 0 Å². The first-order valence-corrected chi connectivity index (χ1v) is 6.82. The molecule has 96 valence electrons. The predicted molar refractivity (Wildman–Crippen MR) is 73.1 cm³/mol. The summed E-state index contributed by atoms with van der Waals surface area (Å²) in [6, 6.07) is 4.81. The van der Waals surface area contributed by atoms with Crippen molar-refractivity contribution in [2.75, 3.05) is 0 Å². The van der Waals surface area contributed by atoms with Gasteiger partial charge in [0.1, 0.15) is 11.6 Å². The van der Waals surface area contributed by atoms with E-state index in [-0.39, 0.29) is 17.7 Å². The van der Waals surface area contributed by atoms with Crippen LogP contribution in [0.15, 0.2) is 22.7 Å². The smallest absolute Gasteiger partial charge is 0.164 e. The minimum Gasteiger partial charge on any atom is -0.307 e. The van der Waals surface area contributed by atoms with Gasteiger partial charge in [0.2, 0.25) is 0 Å². The molecule has 0 bridgehead atoms. The van der Waals surface area contributed by atoms with Crippen LogP contribution in [0.25, 0.3) is 11.4 Å². The van der Waals surface area contributed by atoms with Gasteiger partial charge < -0.3 is 4.57 Å². The standard InChI is InChI=1S/C12H12BrClFN3/c1-7(2)18-11(6-14)16-17-12(18)8-3-9(13)5-10(15)4-8/h3-5,7H,6H2,1-2H3. The summed E-state index contributed by atoms with van der Waals surface area (Å²) in [4.78, 5) is 0. The summed E-state index contributed by atoms with van der Waals surface area (Å²) in [5.41, 5.74) is 0.680. The van der Waals surface area contributed by atoms with Crippen LogP contribution in [0.1, 0.15) is 25.7 Å². The largest absolute Gasteiger partial charge is 0.307 e. The maximum atomic E-state index is 13.4. The Morgan fingerprint density at radius 2 is 2.06 bits per heavy atom. The van der Waals surface area contributed by atoms with Crippen LogP contribution in [0.3, 0.4) is 0 Å². The van der Waals surface area contributed by atoms with Crippen LogP contribution >= 0.6 is 27.5 Å². The number of alkyl halides is 1. The summed E-state index contributed by atoms with van der Waals surface area (Å²) in [6.07, 6.45) is 0. The maximum Gasteiger partial charge on any atom is 0.164 e. The molecule has 0 spiro atoms. The Morgan fingerprint density at radius 3 is 2.61 bits per heavy atom. The van der Waals surface area contributed by atoms with E-state index < -0.39 is 0 Å². The number of rotatable bonds is 3. The third kappa shape index (κ3) is 2.57. The van der Waals surface area contributed by atoms with E-state index in [2.05, 4.69) is 26.1 Å². The van der Waals surface area contributed by atoms with Crippen molar-refractivity contribution in [2.45, 2.75) is 25.8 Å². The fourth-order valence-electron chi connectivity index (χ4n) is 1.84. The van der Waals surface area contributed by atoms with E-state index in [1.54, 1.807) is 0 Å². The lowest BCUT2D eigenvalue weighted by molar-refractivity contribution is 0.584. The van der Waals surface area contributed by atoms with Gasteiger partial charge in [-0.25, -0.2) is 4.39 Å². The highest BCUT2D eigenvalue weighted by Gasteiger charge is 2.16. The lowest BCUT2D eigenvalue weighted by Crippen LogP contribution is -2.07. The average Bonchev–Trinajstić information content (AvgIpc) is 2.71. The molecule has 3 nitrogen and oxygen atoms in total. The molecule has 6 heteroatoms. The zero-order chi connectivity index (χ0) is 13.3. The van der Waals surface area contributed by atoms with E-state index in [9.17, 15) is 4.39 Å². The van der Waals surface area contributed by atoms with Crippen LogP contribution in [0.4, 0.5) is 4.39 Å². The van der Waals surface area contributed by atoms with Crippen molar-refractivity contribution in [2.24, 2.45) is 0 Å². The molecule has 0 saturated carbocycles. The third-order valence-electron chi connectivity index (χ3n) is 2.52. The van der Waals surface area contributed by atoms with Crippen LogP contribution < -0.4 is 0 Å². The van der Waals surface area contributed by atoms with Crippen LogP contribution in [-0.4, -0.2) is 14.8 Å². The van der Waals surface area contributed by atoms with E-state index in [0.29, 0.717) is 21.7 Å². The lowest BCUT2D eigenvalue weighted by Gasteiger charge is -2.13. The second kappa shape index (κ2) is 5.36. The fraction of sp³-hybridized carbons (Fsp3) is 0.333.